The van der Waals surface area contributed by atoms with E-state index in [4.69, 9.17) is 9.47 Å². The molecule has 0 radical (unpaired) electrons. The van der Waals surface area contributed by atoms with E-state index in [-0.39, 0.29) is 11.6 Å². The predicted molar refractivity (Wildman–Crippen MR) is 226 cm³/mol. The van der Waals surface area contributed by atoms with Gasteiger partial charge in [0.15, 0.2) is 23.8 Å². The summed E-state index contributed by atoms with van der Waals surface area (Å²) in [7, 11) is 2.38. The van der Waals surface area contributed by atoms with Crippen LogP contribution in [-0.4, -0.2) is 61.9 Å². The van der Waals surface area contributed by atoms with E-state index in [0.29, 0.717) is 24.0 Å². The lowest BCUT2D eigenvalue weighted by atomic mass is 9.71. The van der Waals surface area contributed by atoms with Gasteiger partial charge in [0.25, 0.3) is 0 Å². The highest BCUT2D eigenvalue weighted by Crippen LogP contribution is 2.42. The molecule has 0 aliphatic heterocycles. The van der Waals surface area contributed by atoms with Gasteiger partial charge in [0.2, 0.25) is 0 Å². The fourth-order valence-electron chi connectivity index (χ4n) is 6.54. The van der Waals surface area contributed by atoms with Crippen LogP contribution in [0, 0.1) is 10.8 Å². The zero-order chi connectivity index (χ0) is 43.8. The summed E-state index contributed by atoms with van der Waals surface area (Å²) in [6, 6.07) is 0. The van der Waals surface area contributed by atoms with Gasteiger partial charge in [-0.25, -0.2) is 0 Å². The van der Waals surface area contributed by atoms with Crippen LogP contribution in [0.1, 0.15) is 94.9 Å². The molecular weight excluding hydrogens is 737 g/mol. The van der Waals surface area contributed by atoms with Crippen molar-refractivity contribution in [2.45, 2.75) is 107 Å². The molecule has 312 valence electrons. The summed E-state index contributed by atoms with van der Waals surface area (Å²) in [5.41, 5.74) is 6.06. The normalized spacial score (nSPS) is 21.0. The molecule has 2 aliphatic carbocycles. The average molecular weight is 797 g/mol. The first-order valence-electron chi connectivity index (χ1n) is 19.2. The molecule has 0 aromatic rings. The van der Waals surface area contributed by atoms with Crippen molar-refractivity contribution in [2.24, 2.45) is 10.8 Å². The number of esters is 4. The molecule has 10 nitrogen and oxygen atoms in total. The zero-order valence-electron chi connectivity index (χ0n) is 36.1. The fraction of sp³-hybridized carbons (Fsp3) is 0.417. The standard InChI is InChI=1S/C48H60O10/c1-31(19-15-21-33(3)23-25-37-35(5)45(53)39(29-47(37,7)8)57-43(51)27-41(49)55-11)17-13-14-18-32(2)20-16-22-34(4)24-26-38-36(6)46(54)40(30-48(38,9)10)58-44(52)28-42(50)56-12/h13-26,39-40H,27-30H2,1-12H3/b14-13+,19-15+,20-16+,25-23+,26-24+,31-17+,32-18+,33-21+,34-22+. The molecule has 2 aliphatic rings. The van der Waals surface area contributed by atoms with Crippen molar-refractivity contribution in [3.05, 3.63) is 130 Å². The maximum absolute atomic E-state index is 13.0. The van der Waals surface area contributed by atoms with E-state index in [2.05, 4.69) is 9.47 Å². The number of carbonyl (C=O) groups excluding carboxylic acids is 6. The second-order valence-corrected chi connectivity index (χ2v) is 15.9. The van der Waals surface area contributed by atoms with Gasteiger partial charge in [-0.15, -0.1) is 0 Å². The Balaban J connectivity index is 1.98. The maximum Gasteiger partial charge on any atom is 0.317 e. The zero-order valence-corrected chi connectivity index (χ0v) is 36.1. The van der Waals surface area contributed by atoms with E-state index in [1.807, 2.05) is 140 Å². The average Bonchev–Trinajstić information content (AvgIpc) is 3.13. The van der Waals surface area contributed by atoms with Crippen LogP contribution in [0.2, 0.25) is 0 Å². The molecule has 58 heavy (non-hydrogen) atoms. The Bertz CT molecular complexity index is 1820. The second kappa shape index (κ2) is 22.3. The van der Waals surface area contributed by atoms with Crippen LogP contribution < -0.4 is 0 Å². The maximum atomic E-state index is 13.0. The Morgan fingerprint density at radius 3 is 1.17 bits per heavy atom. The third-order valence-corrected chi connectivity index (χ3v) is 9.85. The minimum absolute atomic E-state index is 0.266. The van der Waals surface area contributed by atoms with Gasteiger partial charge in [-0.2, -0.15) is 0 Å². The van der Waals surface area contributed by atoms with Gasteiger partial charge in [-0.3, -0.25) is 28.8 Å². The molecule has 0 aromatic heterocycles. The van der Waals surface area contributed by atoms with Gasteiger partial charge in [0.1, 0.15) is 12.8 Å². The number of rotatable bonds is 16. The van der Waals surface area contributed by atoms with Crippen molar-refractivity contribution in [2.75, 3.05) is 14.2 Å². The predicted octanol–water partition coefficient (Wildman–Crippen LogP) is 9.13. The van der Waals surface area contributed by atoms with Crippen LogP contribution in [0.5, 0.6) is 0 Å². The smallest absolute Gasteiger partial charge is 0.317 e. The van der Waals surface area contributed by atoms with Crippen LogP contribution >= 0.6 is 0 Å². The quantitative estimate of drug-likeness (QED) is 0.0643. The SMILES string of the molecule is COC(=O)CC(=O)OC1CC(C)(C)C(/C=C/C(C)=C/C=C/C(C)=C/C=C/C=C(C)/C=C/C=C(C)/C=C/C2=C(C)C(=O)C(OC(=O)CC(=O)OC)CC2(C)C)=C(C)C1=O. The lowest BCUT2D eigenvalue weighted by Crippen LogP contribution is -2.39. The lowest BCUT2D eigenvalue weighted by Gasteiger charge is -2.36. The number of ether oxygens (including phenoxy) is 4. The third kappa shape index (κ3) is 15.4. The van der Waals surface area contributed by atoms with Crippen LogP contribution in [-0.2, 0) is 47.7 Å². The van der Waals surface area contributed by atoms with Crippen LogP contribution in [0.25, 0.3) is 0 Å². The fourth-order valence-corrected chi connectivity index (χ4v) is 6.54. The first kappa shape index (κ1) is 48.5. The molecular formula is C48H60O10. The molecule has 0 saturated carbocycles. The molecule has 2 rings (SSSR count). The van der Waals surface area contributed by atoms with Crippen LogP contribution in [0.15, 0.2) is 130 Å². The molecule has 2 unspecified atom stereocenters. The summed E-state index contributed by atoms with van der Waals surface area (Å²) in [6.07, 6.45) is 25.4. The molecule has 0 spiro atoms. The minimum atomic E-state index is -0.941. The summed E-state index contributed by atoms with van der Waals surface area (Å²) in [4.78, 5) is 73.1. The number of ketones is 2. The Hall–Kier alpha value is -5.64. The number of hydrogen-bond donors (Lipinski definition) is 0. The molecule has 0 heterocycles. The van der Waals surface area contributed by atoms with E-state index < -0.39 is 59.8 Å². The number of carbonyl (C=O) groups is 6. The molecule has 10 heteroatoms. The van der Waals surface area contributed by atoms with E-state index >= 15 is 0 Å². The van der Waals surface area contributed by atoms with Crippen molar-refractivity contribution in [1.82, 2.24) is 0 Å². The van der Waals surface area contributed by atoms with Gasteiger partial charge in [-0.05, 0) is 74.7 Å². The highest BCUT2D eigenvalue weighted by atomic mass is 16.6. The van der Waals surface area contributed by atoms with Gasteiger partial charge >= 0.3 is 23.9 Å². The van der Waals surface area contributed by atoms with Crippen molar-refractivity contribution in [1.29, 1.82) is 0 Å². The number of allylic oxidation sites excluding steroid dienone is 20. The second-order valence-electron chi connectivity index (χ2n) is 15.9. The summed E-state index contributed by atoms with van der Waals surface area (Å²) in [5.74, 6) is -3.51. The lowest BCUT2D eigenvalue weighted by molar-refractivity contribution is -0.162. The summed E-state index contributed by atoms with van der Waals surface area (Å²) in [6.45, 7) is 19.4. The molecule has 0 aromatic carbocycles. The van der Waals surface area contributed by atoms with E-state index in [1.165, 1.54) is 14.2 Å². The molecule has 2 atom stereocenters. The number of methoxy groups -OCH3 is 2. The molecule has 0 fully saturated rings. The summed E-state index contributed by atoms with van der Waals surface area (Å²) in [5, 5.41) is 0. The Morgan fingerprint density at radius 1 is 0.534 bits per heavy atom. The van der Waals surface area contributed by atoms with Crippen LogP contribution in [0.3, 0.4) is 0 Å². The van der Waals surface area contributed by atoms with Gasteiger partial charge < -0.3 is 18.9 Å². The summed E-state index contributed by atoms with van der Waals surface area (Å²) >= 11 is 0. The Labute approximate surface area is 344 Å². The largest absolute Gasteiger partial charge is 0.469 e. The Morgan fingerprint density at radius 2 is 0.845 bits per heavy atom. The van der Waals surface area contributed by atoms with Gasteiger partial charge in [0.05, 0.1) is 14.2 Å². The first-order valence-corrected chi connectivity index (χ1v) is 19.2. The molecule has 0 amide bonds. The molecule has 0 bridgehead atoms. The first-order chi connectivity index (χ1) is 27.1. The van der Waals surface area contributed by atoms with Crippen molar-refractivity contribution >= 4 is 35.4 Å². The van der Waals surface area contributed by atoms with Crippen molar-refractivity contribution in [3.8, 4) is 0 Å². The molecule has 0 saturated heterocycles. The molecule has 0 N–H and O–H groups in total. The highest BCUT2D eigenvalue weighted by Gasteiger charge is 2.41. The van der Waals surface area contributed by atoms with Crippen LogP contribution in [0.4, 0.5) is 0 Å². The van der Waals surface area contributed by atoms with Gasteiger partial charge in [0, 0.05) is 12.8 Å². The van der Waals surface area contributed by atoms with Gasteiger partial charge in [-0.1, -0.05) is 135 Å². The minimum Gasteiger partial charge on any atom is -0.469 e. The van der Waals surface area contributed by atoms with Crippen molar-refractivity contribution in [3.63, 3.8) is 0 Å². The van der Waals surface area contributed by atoms with E-state index in [1.54, 1.807) is 13.8 Å². The highest BCUT2D eigenvalue weighted by molar-refractivity contribution is 6.03. The topological polar surface area (TPSA) is 139 Å². The summed E-state index contributed by atoms with van der Waals surface area (Å²) < 4.78 is 19.7. The van der Waals surface area contributed by atoms with E-state index in [9.17, 15) is 28.8 Å². The third-order valence-electron chi connectivity index (χ3n) is 9.85. The van der Waals surface area contributed by atoms with Crippen molar-refractivity contribution < 1.29 is 47.7 Å². The Kier molecular flexibility index (Phi) is 18.7. The number of Topliss-reactive ketones (excluding diaryl/α,β-unsaturated/α-hetero) is 2. The van der Waals surface area contributed by atoms with E-state index in [0.717, 1.165) is 33.4 Å². The number of hydrogen-bond acceptors (Lipinski definition) is 10. The monoisotopic (exact) mass is 796 g/mol.